The largest absolute Gasteiger partial charge is 0.378 e. The van der Waals surface area contributed by atoms with Crippen LogP contribution in [0.3, 0.4) is 0 Å². The van der Waals surface area contributed by atoms with Gasteiger partial charge in [0.05, 0.1) is 19.8 Å². The predicted molar refractivity (Wildman–Crippen MR) is 69.8 cm³/mol. The molecule has 0 saturated carbocycles. The lowest BCUT2D eigenvalue weighted by atomic mass is 9.96. The summed E-state index contributed by atoms with van der Waals surface area (Å²) >= 11 is 0. The highest BCUT2D eigenvalue weighted by Crippen LogP contribution is 2.24. The van der Waals surface area contributed by atoms with Crippen LogP contribution in [0.15, 0.2) is 0 Å². The van der Waals surface area contributed by atoms with Crippen molar-refractivity contribution in [3.63, 3.8) is 0 Å². The topological polar surface area (TPSA) is 74.0 Å². The van der Waals surface area contributed by atoms with Crippen LogP contribution in [0.5, 0.6) is 0 Å². The average Bonchev–Trinajstić information content (AvgIpc) is 2.48. The van der Waals surface area contributed by atoms with Gasteiger partial charge in [0.2, 0.25) is 0 Å². The van der Waals surface area contributed by atoms with Crippen LogP contribution >= 0.6 is 0 Å². The summed E-state index contributed by atoms with van der Waals surface area (Å²) in [6, 6.07) is 0. The second-order valence-electron chi connectivity index (χ2n) is 5.24. The first-order chi connectivity index (χ1) is 9.17. The Morgan fingerprint density at radius 3 is 2.68 bits per heavy atom. The summed E-state index contributed by atoms with van der Waals surface area (Å²) < 4.78 is 16.7. The van der Waals surface area contributed by atoms with Gasteiger partial charge in [0.1, 0.15) is 11.7 Å². The Morgan fingerprint density at radius 2 is 2.11 bits per heavy atom. The Kier molecular flexibility index (Phi) is 5.15. The van der Waals surface area contributed by atoms with Crippen molar-refractivity contribution in [3.8, 4) is 0 Å². The fourth-order valence-electron chi connectivity index (χ4n) is 2.60. The van der Waals surface area contributed by atoms with Crippen molar-refractivity contribution < 1.29 is 19.0 Å². The van der Waals surface area contributed by atoms with Crippen LogP contribution in [0.2, 0.25) is 0 Å². The number of amides is 1. The van der Waals surface area contributed by atoms with E-state index < -0.39 is 11.7 Å². The minimum atomic E-state index is -0.500. The zero-order chi connectivity index (χ0) is 13.7. The van der Waals surface area contributed by atoms with Crippen LogP contribution in [0.4, 0.5) is 0 Å². The summed E-state index contributed by atoms with van der Waals surface area (Å²) in [5.41, 5.74) is 5.31. The lowest BCUT2D eigenvalue weighted by Gasteiger charge is -2.39. The normalized spacial score (nSPS) is 30.1. The van der Waals surface area contributed by atoms with E-state index in [-0.39, 0.29) is 5.91 Å². The second-order valence-corrected chi connectivity index (χ2v) is 5.24. The number of carbonyl (C=O) groups excluding carboxylic acids is 1. The van der Waals surface area contributed by atoms with Gasteiger partial charge >= 0.3 is 0 Å². The zero-order valence-electron chi connectivity index (χ0n) is 11.6. The first-order valence-corrected chi connectivity index (χ1v) is 6.99. The molecule has 6 nitrogen and oxygen atoms in total. The van der Waals surface area contributed by atoms with Crippen molar-refractivity contribution in [1.82, 2.24) is 4.90 Å². The predicted octanol–water partition coefficient (Wildman–Crippen LogP) is -0.242. The Bertz CT molecular complexity index is 299. The van der Waals surface area contributed by atoms with Gasteiger partial charge in [0.15, 0.2) is 0 Å². The molecule has 1 amide bonds. The third-order valence-electron chi connectivity index (χ3n) is 3.76. The molecule has 2 rings (SSSR count). The molecule has 0 aromatic heterocycles. The van der Waals surface area contributed by atoms with Crippen LogP contribution in [0, 0.1) is 0 Å². The quantitative estimate of drug-likeness (QED) is 0.764. The first kappa shape index (κ1) is 14.7. The highest BCUT2D eigenvalue weighted by Gasteiger charge is 2.37. The highest BCUT2D eigenvalue weighted by atomic mass is 16.6. The molecular formula is C13H24N2O4. The van der Waals surface area contributed by atoms with Crippen molar-refractivity contribution in [1.29, 1.82) is 0 Å². The number of hydrogen-bond acceptors (Lipinski definition) is 5. The lowest BCUT2D eigenvalue weighted by Crippen LogP contribution is -2.53. The van der Waals surface area contributed by atoms with Gasteiger partial charge in [-0.05, 0) is 19.8 Å². The molecule has 2 aliphatic heterocycles. The number of morpholine rings is 1. The molecule has 2 atom stereocenters. The third-order valence-corrected chi connectivity index (χ3v) is 3.76. The summed E-state index contributed by atoms with van der Waals surface area (Å²) in [4.78, 5) is 14.1. The number of nitrogens with two attached hydrogens (primary N) is 1. The molecule has 19 heavy (non-hydrogen) atoms. The molecule has 0 radical (unpaired) electrons. The molecular weight excluding hydrogens is 248 g/mol. The van der Waals surface area contributed by atoms with Crippen LogP contribution in [0.25, 0.3) is 0 Å². The summed E-state index contributed by atoms with van der Waals surface area (Å²) in [6.45, 7) is 5.88. The van der Waals surface area contributed by atoms with E-state index in [1.54, 1.807) is 11.8 Å². The maximum atomic E-state index is 12.3. The van der Waals surface area contributed by atoms with Crippen molar-refractivity contribution in [2.45, 2.75) is 31.5 Å². The number of hydrogen-bond donors (Lipinski definition) is 1. The summed E-state index contributed by atoms with van der Waals surface area (Å²) in [7, 11) is 0. The van der Waals surface area contributed by atoms with Gasteiger partial charge < -0.3 is 24.8 Å². The van der Waals surface area contributed by atoms with Gasteiger partial charge in [-0.15, -0.1) is 0 Å². The fourth-order valence-corrected chi connectivity index (χ4v) is 2.60. The van der Waals surface area contributed by atoms with Crippen LogP contribution < -0.4 is 5.73 Å². The smallest absolute Gasteiger partial charge is 0.251 e. The van der Waals surface area contributed by atoms with Crippen molar-refractivity contribution in [2.75, 3.05) is 46.1 Å². The fraction of sp³-hybridized carbons (Fsp3) is 0.923. The standard InChI is InChI=1S/C13H24N2O4/c1-11(12(16)15-4-7-17-8-5-15)19-13(9-14)3-2-6-18-10-13/h11H,2-10,14H2,1H3. The second kappa shape index (κ2) is 6.65. The van der Waals surface area contributed by atoms with Crippen LogP contribution in [-0.4, -0.2) is 68.6 Å². The van der Waals surface area contributed by atoms with E-state index in [0.717, 1.165) is 19.4 Å². The Labute approximate surface area is 114 Å². The molecule has 2 heterocycles. The van der Waals surface area contributed by atoms with Gasteiger partial charge in [0.25, 0.3) is 5.91 Å². The van der Waals surface area contributed by atoms with E-state index in [4.69, 9.17) is 19.9 Å². The van der Waals surface area contributed by atoms with Gasteiger partial charge in [-0.25, -0.2) is 0 Å². The Balaban J connectivity index is 1.90. The summed E-state index contributed by atoms with van der Waals surface area (Å²) in [5, 5.41) is 0. The SMILES string of the molecule is CC(OC1(CN)CCCOC1)C(=O)N1CCOCC1. The number of ether oxygens (including phenoxy) is 3. The molecule has 0 aromatic rings. The van der Waals surface area contributed by atoms with Gasteiger partial charge in [-0.1, -0.05) is 0 Å². The monoisotopic (exact) mass is 272 g/mol. The summed E-state index contributed by atoms with van der Waals surface area (Å²) in [6.07, 6.45) is 1.29. The molecule has 2 saturated heterocycles. The average molecular weight is 272 g/mol. The minimum absolute atomic E-state index is 0.0155. The minimum Gasteiger partial charge on any atom is -0.378 e. The van der Waals surface area contributed by atoms with E-state index in [2.05, 4.69) is 0 Å². The van der Waals surface area contributed by atoms with Crippen LogP contribution in [0.1, 0.15) is 19.8 Å². The Morgan fingerprint density at radius 1 is 1.37 bits per heavy atom. The molecule has 2 N–H and O–H groups in total. The molecule has 0 bridgehead atoms. The van der Waals surface area contributed by atoms with Crippen molar-refractivity contribution in [3.05, 3.63) is 0 Å². The highest BCUT2D eigenvalue weighted by molar-refractivity contribution is 5.80. The number of rotatable bonds is 4. The van der Waals surface area contributed by atoms with Crippen molar-refractivity contribution in [2.24, 2.45) is 5.73 Å². The van der Waals surface area contributed by atoms with E-state index in [1.807, 2.05) is 0 Å². The van der Waals surface area contributed by atoms with Crippen LogP contribution in [-0.2, 0) is 19.0 Å². The molecule has 0 aliphatic carbocycles. The zero-order valence-corrected chi connectivity index (χ0v) is 11.6. The molecule has 0 spiro atoms. The first-order valence-electron chi connectivity index (χ1n) is 6.99. The van der Waals surface area contributed by atoms with Crippen molar-refractivity contribution >= 4 is 5.91 Å². The number of nitrogens with zero attached hydrogens (tertiary/aromatic N) is 1. The van der Waals surface area contributed by atoms with E-state index in [1.165, 1.54) is 0 Å². The number of carbonyl (C=O) groups is 1. The third kappa shape index (κ3) is 3.66. The van der Waals surface area contributed by atoms with Gasteiger partial charge in [-0.2, -0.15) is 0 Å². The van der Waals surface area contributed by atoms with E-state index >= 15 is 0 Å². The maximum Gasteiger partial charge on any atom is 0.251 e. The Hall–Kier alpha value is -0.690. The molecule has 110 valence electrons. The molecule has 2 aliphatic rings. The van der Waals surface area contributed by atoms with E-state index in [0.29, 0.717) is 39.5 Å². The molecule has 0 aromatic carbocycles. The summed E-state index contributed by atoms with van der Waals surface area (Å²) in [5.74, 6) is 0.0155. The van der Waals surface area contributed by atoms with Gasteiger partial charge in [-0.3, -0.25) is 4.79 Å². The molecule has 6 heteroatoms. The lowest BCUT2D eigenvalue weighted by molar-refractivity contribution is -0.175. The molecule has 2 unspecified atom stereocenters. The molecule has 2 fully saturated rings. The maximum absolute atomic E-state index is 12.3. The van der Waals surface area contributed by atoms with E-state index in [9.17, 15) is 4.79 Å². The van der Waals surface area contributed by atoms with Gasteiger partial charge in [0, 0.05) is 26.2 Å².